The van der Waals surface area contributed by atoms with Gasteiger partial charge in [0, 0.05) is 10.6 Å². The van der Waals surface area contributed by atoms with Crippen LogP contribution in [0.4, 0.5) is 0 Å². The quantitative estimate of drug-likeness (QED) is 0.778. The van der Waals surface area contributed by atoms with E-state index in [9.17, 15) is 0 Å². The van der Waals surface area contributed by atoms with Gasteiger partial charge in [-0.05, 0) is 37.1 Å². The van der Waals surface area contributed by atoms with Crippen LogP contribution in [0.1, 0.15) is 31.0 Å². The van der Waals surface area contributed by atoms with Crippen molar-refractivity contribution in [1.29, 1.82) is 0 Å². The Hall–Kier alpha value is -0.990. The van der Waals surface area contributed by atoms with E-state index in [2.05, 4.69) is 18.9 Å². The number of benzene rings is 1. The highest BCUT2D eigenvalue weighted by Gasteiger charge is 2.16. The maximum atomic E-state index is 6.37. The van der Waals surface area contributed by atoms with Crippen molar-refractivity contribution in [3.63, 3.8) is 0 Å². The van der Waals surface area contributed by atoms with Crippen LogP contribution in [0.2, 0.25) is 10.2 Å². The Labute approximate surface area is 111 Å². The minimum atomic E-state index is 0.364. The fraction of sp³-hybridized carbons (Fsp3) is 0.308. The molecule has 4 heteroatoms. The Morgan fingerprint density at radius 1 is 1.12 bits per heavy atom. The number of aryl methyl sites for hydroxylation is 1. The molecule has 1 heterocycles. The van der Waals surface area contributed by atoms with Gasteiger partial charge >= 0.3 is 0 Å². The van der Waals surface area contributed by atoms with E-state index in [-0.39, 0.29) is 0 Å². The van der Waals surface area contributed by atoms with Gasteiger partial charge in [0.15, 0.2) is 0 Å². The number of aromatic nitrogens is 2. The molecule has 1 aromatic carbocycles. The first-order valence-electron chi connectivity index (χ1n) is 5.51. The lowest BCUT2D eigenvalue weighted by atomic mass is 10.1. The van der Waals surface area contributed by atoms with E-state index in [1.165, 1.54) is 0 Å². The minimum Gasteiger partial charge on any atom is -0.222 e. The van der Waals surface area contributed by atoms with Crippen LogP contribution >= 0.6 is 23.2 Å². The van der Waals surface area contributed by atoms with Crippen LogP contribution in [0.3, 0.4) is 0 Å². The molecule has 0 amide bonds. The van der Waals surface area contributed by atoms with Gasteiger partial charge in [0.1, 0.15) is 5.15 Å². The van der Waals surface area contributed by atoms with Crippen LogP contribution in [0.15, 0.2) is 24.3 Å². The number of nitrogens with zero attached hydrogens (tertiary/aromatic N) is 2. The van der Waals surface area contributed by atoms with Gasteiger partial charge in [-0.15, -0.1) is 0 Å². The molecule has 0 atom stereocenters. The molecule has 0 aliphatic heterocycles. The topological polar surface area (TPSA) is 17.8 Å². The molecule has 0 saturated carbocycles. The van der Waals surface area contributed by atoms with Crippen LogP contribution in [0.25, 0.3) is 5.69 Å². The van der Waals surface area contributed by atoms with Crippen molar-refractivity contribution in [1.82, 2.24) is 9.78 Å². The van der Waals surface area contributed by atoms with Gasteiger partial charge in [0.05, 0.1) is 11.4 Å². The highest BCUT2D eigenvalue weighted by Crippen LogP contribution is 2.29. The van der Waals surface area contributed by atoms with Crippen LogP contribution in [0, 0.1) is 6.92 Å². The second-order valence-electron chi connectivity index (χ2n) is 4.33. The van der Waals surface area contributed by atoms with E-state index in [0.717, 1.165) is 16.9 Å². The minimum absolute atomic E-state index is 0.364. The predicted octanol–water partition coefficient (Wildman–Crippen LogP) is 4.61. The molecule has 2 aromatic rings. The maximum absolute atomic E-state index is 6.37. The van der Waals surface area contributed by atoms with Crippen molar-refractivity contribution in [3.8, 4) is 5.69 Å². The van der Waals surface area contributed by atoms with Gasteiger partial charge in [0.2, 0.25) is 0 Å². The number of rotatable bonds is 2. The summed E-state index contributed by atoms with van der Waals surface area (Å²) in [6, 6.07) is 7.48. The molecule has 0 unspecified atom stereocenters. The van der Waals surface area contributed by atoms with E-state index in [4.69, 9.17) is 23.2 Å². The van der Waals surface area contributed by atoms with Gasteiger partial charge in [-0.3, -0.25) is 0 Å². The summed E-state index contributed by atoms with van der Waals surface area (Å²) in [5.41, 5.74) is 3.00. The molecular weight excluding hydrogens is 255 g/mol. The van der Waals surface area contributed by atoms with Gasteiger partial charge in [-0.2, -0.15) is 5.10 Å². The summed E-state index contributed by atoms with van der Waals surface area (Å²) < 4.78 is 1.75. The van der Waals surface area contributed by atoms with E-state index in [0.29, 0.717) is 16.1 Å². The molecule has 0 aliphatic rings. The molecule has 0 spiro atoms. The van der Waals surface area contributed by atoms with Gasteiger partial charge < -0.3 is 0 Å². The first kappa shape index (κ1) is 12.5. The number of hydrogen-bond acceptors (Lipinski definition) is 1. The molecule has 0 saturated heterocycles. The summed E-state index contributed by atoms with van der Waals surface area (Å²) in [5, 5.41) is 5.86. The van der Waals surface area contributed by atoms with Crippen LogP contribution in [0.5, 0.6) is 0 Å². The van der Waals surface area contributed by atoms with Crippen molar-refractivity contribution >= 4 is 23.2 Å². The molecule has 2 nitrogen and oxygen atoms in total. The predicted molar refractivity (Wildman–Crippen MR) is 72.4 cm³/mol. The molecule has 2 rings (SSSR count). The molecule has 0 N–H and O–H groups in total. The fourth-order valence-electron chi connectivity index (χ4n) is 1.92. The van der Waals surface area contributed by atoms with Gasteiger partial charge in [-0.1, -0.05) is 37.0 Å². The Kier molecular flexibility index (Phi) is 3.45. The van der Waals surface area contributed by atoms with Crippen molar-refractivity contribution < 1.29 is 0 Å². The highest BCUT2D eigenvalue weighted by molar-refractivity contribution is 6.31. The van der Waals surface area contributed by atoms with Gasteiger partial charge in [0.25, 0.3) is 0 Å². The van der Waals surface area contributed by atoms with Crippen LogP contribution in [-0.4, -0.2) is 9.78 Å². The third kappa shape index (κ3) is 2.33. The Morgan fingerprint density at radius 2 is 1.71 bits per heavy atom. The summed E-state index contributed by atoms with van der Waals surface area (Å²) in [5.74, 6) is 0.364. The molecule has 1 aromatic heterocycles. The Morgan fingerprint density at radius 3 is 2.18 bits per heavy atom. The molecule has 0 bridgehead atoms. The average molecular weight is 269 g/mol. The van der Waals surface area contributed by atoms with E-state index in [1.54, 1.807) is 4.68 Å². The van der Waals surface area contributed by atoms with E-state index >= 15 is 0 Å². The highest BCUT2D eigenvalue weighted by atomic mass is 35.5. The zero-order valence-corrected chi connectivity index (χ0v) is 11.5. The molecular formula is C13H14Cl2N2. The van der Waals surface area contributed by atoms with E-state index < -0.39 is 0 Å². The zero-order chi connectivity index (χ0) is 12.6. The monoisotopic (exact) mass is 268 g/mol. The standard InChI is InChI=1S/C13H14Cl2N2/c1-8(2)12-9(3)16-17(13(12)15)11-6-4-10(14)5-7-11/h4-8H,1-3H3. The second kappa shape index (κ2) is 4.71. The summed E-state index contributed by atoms with van der Waals surface area (Å²) >= 11 is 12.2. The van der Waals surface area contributed by atoms with Gasteiger partial charge in [-0.25, -0.2) is 4.68 Å². The lowest BCUT2D eigenvalue weighted by Crippen LogP contribution is -1.96. The zero-order valence-electron chi connectivity index (χ0n) is 10.0. The lowest BCUT2D eigenvalue weighted by molar-refractivity contribution is 0.857. The molecule has 0 aliphatic carbocycles. The SMILES string of the molecule is Cc1nn(-c2ccc(Cl)cc2)c(Cl)c1C(C)C. The summed E-state index contributed by atoms with van der Waals surface area (Å²) in [6.07, 6.45) is 0. The van der Waals surface area contributed by atoms with Crippen molar-refractivity contribution in [2.75, 3.05) is 0 Å². The maximum Gasteiger partial charge on any atom is 0.136 e. The summed E-state index contributed by atoms with van der Waals surface area (Å²) in [6.45, 7) is 6.21. The molecule has 17 heavy (non-hydrogen) atoms. The first-order valence-corrected chi connectivity index (χ1v) is 6.27. The lowest BCUT2D eigenvalue weighted by Gasteiger charge is -2.05. The number of hydrogen-bond donors (Lipinski definition) is 0. The molecule has 0 fully saturated rings. The second-order valence-corrected chi connectivity index (χ2v) is 5.13. The average Bonchev–Trinajstić information content (AvgIpc) is 2.55. The smallest absolute Gasteiger partial charge is 0.136 e. The molecule has 90 valence electrons. The third-order valence-electron chi connectivity index (χ3n) is 2.70. The first-order chi connectivity index (χ1) is 8.00. The Bertz CT molecular complexity index is 527. The van der Waals surface area contributed by atoms with Crippen molar-refractivity contribution in [2.45, 2.75) is 26.7 Å². The van der Waals surface area contributed by atoms with Crippen molar-refractivity contribution in [2.24, 2.45) is 0 Å². The summed E-state index contributed by atoms with van der Waals surface area (Å²) in [7, 11) is 0. The van der Waals surface area contributed by atoms with E-state index in [1.807, 2.05) is 31.2 Å². The number of halogens is 2. The normalized spacial score (nSPS) is 11.2. The largest absolute Gasteiger partial charge is 0.222 e. The van der Waals surface area contributed by atoms with Crippen LogP contribution in [-0.2, 0) is 0 Å². The summed E-state index contributed by atoms with van der Waals surface area (Å²) in [4.78, 5) is 0. The Balaban J connectivity index is 2.53. The fourth-order valence-corrected chi connectivity index (χ4v) is 2.54. The molecule has 0 radical (unpaired) electrons. The van der Waals surface area contributed by atoms with Crippen molar-refractivity contribution in [3.05, 3.63) is 45.7 Å². The van der Waals surface area contributed by atoms with Crippen LogP contribution < -0.4 is 0 Å². The third-order valence-corrected chi connectivity index (χ3v) is 3.31.